The number of aliphatic imine (C=N–C) groups is 1. The molecule has 2 aromatic rings. The summed E-state index contributed by atoms with van der Waals surface area (Å²) < 4.78 is 2.18. The number of thioether (sulfide) groups is 1. The molecule has 0 unspecified atom stereocenters. The molecule has 1 aromatic carbocycles. The van der Waals surface area contributed by atoms with Gasteiger partial charge in [0.1, 0.15) is 0 Å². The van der Waals surface area contributed by atoms with E-state index in [1.165, 1.54) is 11.8 Å². The predicted molar refractivity (Wildman–Crippen MR) is 107 cm³/mol. The van der Waals surface area contributed by atoms with Crippen molar-refractivity contribution >= 4 is 40.5 Å². The maximum atomic E-state index is 12.4. The van der Waals surface area contributed by atoms with E-state index in [1.54, 1.807) is 19.0 Å². The molecular formula is C19H20ClN3OS. The van der Waals surface area contributed by atoms with Gasteiger partial charge in [0.25, 0.3) is 5.91 Å². The Hall–Kier alpha value is -1.98. The van der Waals surface area contributed by atoms with Crippen molar-refractivity contribution in [2.24, 2.45) is 4.99 Å². The number of rotatable bonds is 2. The minimum atomic E-state index is -0.0191. The number of nitrogens with zero attached hydrogens (tertiary/aromatic N) is 3. The quantitative estimate of drug-likeness (QED) is 0.722. The van der Waals surface area contributed by atoms with Gasteiger partial charge in [-0.25, -0.2) is 0 Å². The number of halogens is 1. The summed E-state index contributed by atoms with van der Waals surface area (Å²) in [6, 6.07) is 7.98. The van der Waals surface area contributed by atoms with Gasteiger partial charge in [-0.2, -0.15) is 0 Å². The van der Waals surface area contributed by atoms with Crippen LogP contribution in [0, 0.1) is 20.8 Å². The molecule has 4 nitrogen and oxygen atoms in total. The summed E-state index contributed by atoms with van der Waals surface area (Å²) in [5.41, 5.74) is 5.41. The zero-order valence-corrected chi connectivity index (χ0v) is 16.5. The van der Waals surface area contributed by atoms with Crippen LogP contribution in [0.1, 0.15) is 22.5 Å². The molecule has 1 amide bonds. The minimum absolute atomic E-state index is 0.0191. The van der Waals surface area contributed by atoms with Crippen molar-refractivity contribution in [1.82, 2.24) is 9.47 Å². The van der Waals surface area contributed by atoms with E-state index in [-0.39, 0.29) is 5.91 Å². The second-order valence-corrected chi connectivity index (χ2v) is 7.52. The van der Waals surface area contributed by atoms with Gasteiger partial charge in [-0.15, -0.1) is 0 Å². The zero-order chi connectivity index (χ0) is 18.3. The first-order valence-electron chi connectivity index (χ1n) is 7.93. The van der Waals surface area contributed by atoms with Gasteiger partial charge in [0.15, 0.2) is 5.17 Å². The maximum absolute atomic E-state index is 12.4. The Morgan fingerprint density at radius 2 is 1.92 bits per heavy atom. The van der Waals surface area contributed by atoms with E-state index in [4.69, 9.17) is 11.6 Å². The third-order valence-electron chi connectivity index (χ3n) is 4.36. The molecule has 1 aliphatic heterocycles. The number of aromatic nitrogens is 1. The van der Waals surface area contributed by atoms with Crippen LogP contribution in [0.15, 0.2) is 34.2 Å². The molecule has 1 aliphatic rings. The van der Waals surface area contributed by atoms with Crippen LogP contribution in [0.2, 0.25) is 5.02 Å². The van der Waals surface area contributed by atoms with Gasteiger partial charge in [0.05, 0.1) is 4.91 Å². The lowest BCUT2D eigenvalue weighted by Gasteiger charge is -2.13. The van der Waals surface area contributed by atoms with E-state index in [0.29, 0.717) is 9.93 Å². The number of carbonyl (C=O) groups is 1. The molecule has 0 spiro atoms. The van der Waals surface area contributed by atoms with Crippen molar-refractivity contribution in [3.8, 4) is 5.69 Å². The number of amides is 1. The van der Waals surface area contributed by atoms with Crippen molar-refractivity contribution < 1.29 is 4.79 Å². The minimum Gasteiger partial charge on any atom is -0.318 e. The Morgan fingerprint density at radius 3 is 2.56 bits per heavy atom. The van der Waals surface area contributed by atoms with Crippen molar-refractivity contribution in [3.05, 3.63) is 56.7 Å². The predicted octanol–water partition coefficient (Wildman–Crippen LogP) is 4.59. The molecule has 25 heavy (non-hydrogen) atoms. The molecule has 3 rings (SSSR count). The summed E-state index contributed by atoms with van der Waals surface area (Å²) in [5, 5.41) is 1.43. The molecule has 1 aromatic heterocycles. The van der Waals surface area contributed by atoms with E-state index in [1.807, 2.05) is 24.3 Å². The van der Waals surface area contributed by atoms with Crippen LogP contribution in [0.5, 0.6) is 0 Å². The molecule has 0 radical (unpaired) electrons. The number of hydrogen-bond acceptors (Lipinski definition) is 3. The van der Waals surface area contributed by atoms with Crippen LogP contribution in [0.3, 0.4) is 0 Å². The van der Waals surface area contributed by atoms with Gasteiger partial charge in [-0.05, 0) is 67.9 Å². The number of aryl methyl sites for hydroxylation is 2. The SMILES string of the molecule is CN=C1S/C(=C\c2cc(C)n(-c3cc(Cl)ccc3C)c2C)C(=O)N1C. The van der Waals surface area contributed by atoms with E-state index in [0.717, 1.165) is 33.4 Å². The molecular weight excluding hydrogens is 354 g/mol. The Morgan fingerprint density at radius 1 is 1.20 bits per heavy atom. The first kappa shape index (κ1) is 17.8. The number of likely N-dealkylation sites (N-methyl/N-ethyl adjacent to an activating group) is 1. The summed E-state index contributed by atoms with van der Waals surface area (Å²) >= 11 is 7.59. The molecule has 130 valence electrons. The molecule has 0 N–H and O–H groups in total. The summed E-state index contributed by atoms with van der Waals surface area (Å²) in [4.78, 5) is 18.8. The van der Waals surface area contributed by atoms with Gasteiger partial charge in [0.2, 0.25) is 0 Å². The normalized spacial score (nSPS) is 18.0. The second kappa shape index (κ2) is 6.73. The van der Waals surface area contributed by atoms with Gasteiger partial charge in [-0.3, -0.25) is 14.7 Å². The fourth-order valence-corrected chi connectivity index (χ4v) is 4.10. The average Bonchev–Trinajstić information content (AvgIpc) is 3.00. The fraction of sp³-hybridized carbons (Fsp3) is 0.263. The largest absolute Gasteiger partial charge is 0.318 e. The van der Waals surface area contributed by atoms with Crippen molar-refractivity contribution in [1.29, 1.82) is 0 Å². The van der Waals surface area contributed by atoms with Gasteiger partial charge in [-0.1, -0.05) is 17.7 Å². The van der Waals surface area contributed by atoms with E-state index in [9.17, 15) is 4.79 Å². The zero-order valence-electron chi connectivity index (χ0n) is 14.9. The number of benzene rings is 1. The highest BCUT2D eigenvalue weighted by Crippen LogP contribution is 2.33. The smallest absolute Gasteiger partial charge is 0.266 e. The lowest BCUT2D eigenvalue weighted by atomic mass is 10.2. The molecule has 2 heterocycles. The standard InChI is InChI=1S/C19H20ClN3OS/c1-11-6-7-15(20)10-16(11)23-12(2)8-14(13(23)3)9-17-18(24)22(5)19(21-4)25-17/h6-10H,1-5H3/b17-9-,21-19?. The highest BCUT2D eigenvalue weighted by atomic mass is 35.5. The maximum Gasteiger partial charge on any atom is 0.266 e. The monoisotopic (exact) mass is 373 g/mol. The van der Waals surface area contributed by atoms with Crippen LogP contribution in [-0.4, -0.2) is 34.6 Å². The summed E-state index contributed by atoms with van der Waals surface area (Å²) in [7, 11) is 3.44. The Labute approximate surface area is 157 Å². The number of amidine groups is 1. The van der Waals surface area contributed by atoms with Gasteiger partial charge < -0.3 is 4.57 Å². The number of carbonyl (C=O) groups excluding carboxylic acids is 1. The van der Waals surface area contributed by atoms with Crippen LogP contribution >= 0.6 is 23.4 Å². The Kier molecular flexibility index (Phi) is 4.80. The van der Waals surface area contributed by atoms with Crippen molar-refractivity contribution in [3.63, 3.8) is 0 Å². The molecule has 0 atom stereocenters. The van der Waals surface area contributed by atoms with Gasteiger partial charge in [0, 0.05) is 36.2 Å². The second-order valence-electron chi connectivity index (χ2n) is 6.07. The average molecular weight is 374 g/mol. The van der Waals surface area contributed by atoms with E-state index >= 15 is 0 Å². The van der Waals surface area contributed by atoms with Crippen LogP contribution in [-0.2, 0) is 4.79 Å². The van der Waals surface area contributed by atoms with Crippen LogP contribution < -0.4 is 0 Å². The third kappa shape index (κ3) is 3.14. The molecule has 0 bridgehead atoms. The van der Waals surface area contributed by atoms with E-state index in [2.05, 4.69) is 36.4 Å². The summed E-state index contributed by atoms with van der Waals surface area (Å²) in [6.45, 7) is 6.18. The van der Waals surface area contributed by atoms with Crippen LogP contribution in [0.25, 0.3) is 11.8 Å². The topological polar surface area (TPSA) is 37.6 Å². The first-order chi connectivity index (χ1) is 11.8. The summed E-state index contributed by atoms with van der Waals surface area (Å²) in [5.74, 6) is -0.0191. The fourth-order valence-electron chi connectivity index (χ4n) is 3.02. The number of hydrogen-bond donors (Lipinski definition) is 0. The lowest BCUT2D eigenvalue weighted by molar-refractivity contribution is -0.121. The Bertz CT molecular complexity index is 927. The summed E-state index contributed by atoms with van der Waals surface area (Å²) in [6.07, 6.45) is 1.94. The lowest BCUT2D eigenvalue weighted by Crippen LogP contribution is -2.23. The molecule has 0 aliphatic carbocycles. The molecule has 1 fully saturated rings. The van der Waals surface area contributed by atoms with Gasteiger partial charge >= 0.3 is 0 Å². The molecule has 6 heteroatoms. The highest BCUT2D eigenvalue weighted by molar-refractivity contribution is 8.18. The first-order valence-corrected chi connectivity index (χ1v) is 9.12. The van der Waals surface area contributed by atoms with E-state index < -0.39 is 0 Å². The molecule has 0 saturated carbocycles. The molecule has 1 saturated heterocycles. The Balaban J connectivity index is 2.08. The third-order valence-corrected chi connectivity index (χ3v) is 5.75. The van der Waals surface area contributed by atoms with Crippen LogP contribution in [0.4, 0.5) is 0 Å². The highest BCUT2D eigenvalue weighted by Gasteiger charge is 2.30. The van der Waals surface area contributed by atoms with Crippen molar-refractivity contribution in [2.75, 3.05) is 14.1 Å². The van der Waals surface area contributed by atoms with Crippen molar-refractivity contribution in [2.45, 2.75) is 20.8 Å².